The molecule has 1 aromatic heterocycles. The highest BCUT2D eigenvalue weighted by atomic mass is 16.5. The molecule has 1 aromatic carbocycles. The van der Waals surface area contributed by atoms with Gasteiger partial charge in [0.2, 0.25) is 0 Å². The van der Waals surface area contributed by atoms with Crippen LogP contribution in [0.3, 0.4) is 0 Å². The van der Waals surface area contributed by atoms with E-state index in [4.69, 9.17) is 10.00 Å². The minimum atomic E-state index is -0.654. The standard InChI is InChI=1S/C22H24N4O3/c1-14-16(6-7-17-18(14)13-29-22(17)28)19(27)12-26-9-3-4-21(26)25(2)20-8-5-15(10-23)11-24-20/h5-8,11,19,21,27H,3-4,9,12-13H2,1-2H3/t19-,21?/m0/s1. The molecule has 0 saturated carbocycles. The van der Waals surface area contributed by atoms with E-state index in [1.807, 2.05) is 26.1 Å². The Bertz CT molecular complexity index is 967. The maximum absolute atomic E-state index is 11.7. The van der Waals surface area contributed by atoms with Gasteiger partial charge in [-0.25, -0.2) is 9.78 Å². The number of carbonyl (C=O) groups is 1. The van der Waals surface area contributed by atoms with Crippen molar-refractivity contribution in [2.24, 2.45) is 0 Å². The second-order valence-corrected chi connectivity index (χ2v) is 7.64. The number of anilines is 1. The number of ether oxygens (including phenoxy) is 1. The van der Waals surface area contributed by atoms with E-state index in [1.165, 1.54) is 0 Å². The molecule has 0 radical (unpaired) electrons. The van der Waals surface area contributed by atoms with Gasteiger partial charge in [-0.1, -0.05) is 6.07 Å². The monoisotopic (exact) mass is 392 g/mol. The highest BCUT2D eigenvalue weighted by Crippen LogP contribution is 2.31. The van der Waals surface area contributed by atoms with Crippen LogP contribution >= 0.6 is 0 Å². The topological polar surface area (TPSA) is 89.7 Å². The molecule has 7 nitrogen and oxygen atoms in total. The van der Waals surface area contributed by atoms with E-state index >= 15 is 0 Å². The number of carbonyl (C=O) groups excluding carboxylic acids is 1. The van der Waals surface area contributed by atoms with Crippen molar-refractivity contribution in [3.8, 4) is 6.07 Å². The molecule has 2 aromatic rings. The SMILES string of the molecule is Cc1c([C@@H](O)CN2CCCC2N(C)c2ccc(C#N)cn2)ccc2c1COC2=O. The average molecular weight is 392 g/mol. The van der Waals surface area contributed by atoms with Crippen LogP contribution in [0, 0.1) is 18.3 Å². The average Bonchev–Trinajstić information content (AvgIpc) is 3.35. The largest absolute Gasteiger partial charge is 0.457 e. The first-order valence-corrected chi connectivity index (χ1v) is 9.80. The van der Waals surface area contributed by atoms with Crippen molar-refractivity contribution >= 4 is 11.8 Å². The van der Waals surface area contributed by atoms with E-state index in [-0.39, 0.29) is 18.7 Å². The lowest BCUT2D eigenvalue weighted by atomic mass is 9.95. The number of hydrogen-bond acceptors (Lipinski definition) is 7. The van der Waals surface area contributed by atoms with Crippen molar-refractivity contribution in [3.63, 3.8) is 0 Å². The van der Waals surface area contributed by atoms with E-state index in [0.29, 0.717) is 17.7 Å². The molecular formula is C22H24N4O3. The number of aromatic nitrogens is 1. The third-order valence-electron chi connectivity index (χ3n) is 5.99. The second kappa shape index (κ2) is 7.82. The fourth-order valence-electron chi connectivity index (χ4n) is 4.32. The van der Waals surface area contributed by atoms with Gasteiger partial charge in [-0.05, 0) is 49.1 Å². The molecule has 1 fully saturated rings. The van der Waals surface area contributed by atoms with Gasteiger partial charge in [-0.2, -0.15) is 5.26 Å². The van der Waals surface area contributed by atoms with Gasteiger partial charge >= 0.3 is 5.97 Å². The number of nitrogens with zero attached hydrogens (tertiary/aromatic N) is 4. The first-order valence-electron chi connectivity index (χ1n) is 9.80. The molecule has 2 aliphatic heterocycles. The van der Waals surface area contributed by atoms with Crippen LogP contribution in [-0.2, 0) is 11.3 Å². The fraction of sp³-hybridized carbons (Fsp3) is 0.409. The molecular weight excluding hydrogens is 368 g/mol. The predicted octanol–water partition coefficient (Wildman–Crippen LogP) is 2.52. The first-order chi connectivity index (χ1) is 14.0. The smallest absolute Gasteiger partial charge is 0.338 e. The Labute approximate surface area is 170 Å². The van der Waals surface area contributed by atoms with Crippen LogP contribution in [0.25, 0.3) is 0 Å². The summed E-state index contributed by atoms with van der Waals surface area (Å²) in [7, 11) is 1.99. The summed E-state index contributed by atoms with van der Waals surface area (Å²) in [6.45, 7) is 3.61. The number of hydrogen-bond donors (Lipinski definition) is 1. The first kappa shape index (κ1) is 19.4. The lowest BCUT2D eigenvalue weighted by molar-refractivity contribution is 0.0535. The Balaban J connectivity index is 1.50. The van der Waals surface area contributed by atoms with Gasteiger partial charge < -0.3 is 14.7 Å². The number of pyridine rings is 1. The Morgan fingerprint density at radius 1 is 1.41 bits per heavy atom. The molecule has 2 aliphatic rings. The Morgan fingerprint density at radius 3 is 2.97 bits per heavy atom. The van der Waals surface area contributed by atoms with Crippen molar-refractivity contribution in [3.05, 3.63) is 58.3 Å². The van der Waals surface area contributed by atoms with E-state index < -0.39 is 6.10 Å². The summed E-state index contributed by atoms with van der Waals surface area (Å²) in [5.41, 5.74) is 3.79. The molecule has 1 N–H and O–H groups in total. The third-order valence-corrected chi connectivity index (χ3v) is 5.99. The number of nitriles is 1. The maximum atomic E-state index is 11.7. The summed E-state index contributed by atoms with van der Waals surface area (Å²) in [6.07, 6.45) is 3.08. The van der Waals surface area contributed by atoms with Gasteiger partial charge in [-0.15, -0.1) is 0 Å². The van der Waals surface area contributed by atoms with E-state index in [2.05, 4.69) is 20.9 Å². The summed E-state index contributed by atoms with van der Waals surface area (Å²) in [5.74, 6) is 0.514. The molecule has 1 unspecified atom stereocenters. The molecule has 0 amide bonds. The van der Waals surface area contributed by atoms with Gasteiger partial charge in [0.1, 0.15) is 18.5 Å². The normalized spacial score (nSPS) is 19.5. The lowest BCUT2D eigenvalue weighted by Gasteiger charge is -2.34. The van der Waals surface area contributed by atoms with Crippen LogP contribution in [0.2, 0.25) is 0 Å². The molecule has 3 heterocycles. The van der Waals surface area contributed by atoms with Crippen LogP contribution in [0.15, 0.2) is 30.5 Å². The van der Waals surface area contributed by atoms with Crippen LogP contribution < -0.4 is 4.90 Å². The summed E-state index contributed by atoms with van der Waals surface area (Å²) < 4.78 is 5.12. The minimum Gasteiger partial charge on any atom is -0.457 e. The Hall–Kier alpha value is -2.95. The summed E-state index contributed by atoms with van der Waals surface area (Å²) in [5, 5.41) is 19.9. The third kappa shape index (κ3) is 3.57. The molecule has 150 valence electrons. The number of likely N-dealkylation sites (tertiary alicyclic amines) is 1. The van der Waals surface area contributed by atoms with Crippen molar-refractivity contribution in [1.29, 1.82) is 5.26 Å². The van der Waals surface area contributed by atoms with Gasteiger partial charge in [-0.3, -0.25) is 4.90 Å². The van der Waals surface area contributed by atoms with Crippen molar-refractivity contribution in [1.82, 2.24) is 9.88 Å². The summed E-state index contributed by atoms with van der Waals surface area (Å²) in [4.78, 5) is 20.5. The van der Waals surface area contributed by atoms with Gasteiger partial charge in [0.25, 0.3) is 0 Å². The molecule has 0 aliphatic carbocycles. The van der Waals surface area contributed by atoms with E-state index in [9.17, 15) is 9.90 Å². The number of cyclic esters (lactones) is 1. The van der Waals surface area contributed by atoms with E-state index in [0.717, 1.165) is 41.9 Å². The van der Waals surface area contributed by atoms with Gasteiger partial charge in [0.15, 0.2) is 0 Å². The Kier molecular flexibility index (Phi) is 5.22. The quantitative estimate of drug-likeness (QED) is 0.782. The molecule has 0 spiro atoms. The molecule has 2 atom stereocenters. The summed E-state index contributed by atoms with van der Waals surface area (Å²) >= 11 is 0. The number of benzene rings is 1. The van der Waals surface area contributed by atoms with Gasteiger partial charge in [0.05, 0.1) is 23.4 Å². The van der Waals surface area contributed by atoms with Crippen LogP contribution in [0.4, 0.5) is 5.82 Å². The second-order valence-electron chi connectivity index (χ2n) is 7.64. The molecule has 1 saturated heterocycles. The highest BCUT2D eigenvalue weighted by Gasteiger charge is 2.32. The number of aliphatic hydroxyl groups excluding tert-OH is 1. The Morgan fingerprint density at radius 2 is 2.24 bits per heavy atom. The maximum Gasteiger partial charge on any atom is 0.338 e. The lowest BCUT2D eigenvalue weighted by Crippen LogP contribution is -2.44. The molecule has 7 heteroatoms. The number of fused-ring (bicyclic) bond motifs is 1. The number of aliphatic hydroxyl groups is 1. The molecule has 0 bridgehead atoms. The van der Waals surface area contributed by atoms with E-state index in [1.54, 1.807) is 18.3 Å². The molecule has 4 rings (SSSR count). The molecule has 29 heavy (non-hydrogen) atoms. The van der Waals surface area contributed by atoms with Crippen LogP contribution in [-0.4, -0.2) is 47.3 Å². The predicted molar refractivity (Wildman–Crippen MR) is 107 cm³/mol. The van der Waals surface area contributed by atoms with Crippen molar-refractivity contribution in [2.75, 3.05) is 25.0 Å². The number of rotatable bonds is 5. The number of esters is 1. The van der Waals surface area contributed by atoms with Crippen LogP contribution in [0.1, 0.15) is 51.6 Å². The fourth-order valence-corrected chi connectivity index (χ4v) is 4.32. The zero-order chi connectivity index (χ0) is 20.5. The zero-order valence-electron chi connectivity index (χ0n) is 16.6. The van der Waals surface area contributed by atoms with Crippen LogP contribution in [0.5, 0.6) is 0 Å². The van der Waals surface area contributed by atoms with Crippen molar-refractivity contribution in [2.45, 2.75) is 38.6 Å². The minimum absolute atomic E-state index is 0.129. The van der Waals surface area contributed by atoms with Gasteiger partial charge in [0, 0.05) is 31.9 Å². The summed E-state index contributed by atoms with van der Waals surface area (Å²) in [6, 6.07) is 9.30. The zero-order valence-corrected chi connectivity index (χ0v) is 16.6. The highest BCUT2D eigenvalue weighted by molar-refractivity contribution is 5.93. The number of β-amino-alcohol motifs (C(OH)–C–C–N with tert-alkyl or cyclic N) is 1. The van der Waals surface area contributed by atoms with Crippen molar-refractivity contribution < 1.29 is 14.6 Å².